The Balaban J connectivity index is 1.82. The van der Waals surface area contributed by atoms with Crippen LogP contribution in [0.2, 0.25) is 5.02 Å². The molecule has 0 aliphatic rings. The van der Waals surface area contributed by atoms with Crippen LogP contribution >= 0.6 is 27.5 Å². The van der Waals surface area contributed by atoms with Crippen LogP contribution in [-0.2, 0) is 11.9 Å². The van der Waals surface area contributed by atoms with E-state index in [0.29, 0.717) is 22.7 Å². The minimum absolute atomic E-state index is 0.394. The van der Waals surface area contributed by atoms with Gasteiger partial charge in [-0.2, -0.15) is 0 Å². The summed E-state index contributed by atoms with van der Waals surface area (Å²) in [5.74, 6) is 0.711. The van der Waals surface area contributed by atoms with Gasteiger partial charge in [0.1, 0.15) is 18.0 Å². The molecule has 0 aliphatic carbocycles. The largest absolute Gasteiger partial charge is 0.485 e. The molecule has 0 bridgehead atoms. The van der Waals surface area contributed by atoms with Gasteiger partial charge in [-0.3, -0.25) is 0 Å². The van der Waals surface area contributed by atoms with Gasteiger partial charge in [-0.05, 0) is 18.2 Å². The third kappa shape index (κ3) is 2.67. The third-order valence-corrected chi connectivity index (χ3v) is 3.87. The lowest BCUT2D eigenvalue weighted by Gasteiger charge is -2.10. The van der Waals surface area contributed by atoms with Crippen molar-refractivity contribution >= 4 is 33.2 Å². The average molecular weight is 352 g/mol. The molecule has 102 valence electrons. The highest BCUT2D eigenvalue weighted by Gasteiger charge is 2.09. The molecular weight excluding hydrogens is 340 g/mol. The zero-order chi connectivity index (χ0) is 13.9. The second-order valence-electron chi connectivity index (χ2n) is 4.35. The quantitative estimate of drug-likeness (QED) is 0.649. The number of rotatable bonds is 4. The number of hydrogen-bond donors (Lipinski definition) is 0. The first-order valence-electron chi connectivity index (χ1n) is 6.16. The van der Waals surface area contributed by atoms with E-state index in [9.17, 15) is 0 Å². The van der Waals surface area contributed by atoms with E-state index in [0.717, 1.165) is 16.9 Å². The Morgan fingerprint density at radius 1 is 1.20 bits per heavy atom. The van der Waals surface area contributed by atoms with Crippen molar-refractivity contribution in [1.82, 2.24) is 9.38 Å². The smallest absolute Gasteiger partial charge is 0.142 e. The Kier molecular flexibility index (Phi) is 3.94. The summed E-state index contributed by atoms with van der Waals surface area (Å²) in [5, 5.41) is 1.32. The highest BCUT2D eigenvalue weighted by atomic mass is 79.9. The van der Waals surface area contributed by atoms with Crippen molar-refractivity contribution in [3.05, 3.63) is 65.1 Å². The monoisotopic (exact) mass is 350 g/mol. The van der Waals surface area contributed by atoms with Gasteiger partial charge in [0.05, 0.1) is 10.7 Å². The van der Waals surface area contributed by atoms with Crippen LogP contribution in [0.15, 0.2) is 48.8 Å². The van der Waals surface area contributed by atoms with Crippen molar-refractivity contribution in [1.29, 1.82) is 0 Å². The molecule has 0 amide bonds. The number of aromatic nitrogens is 2. The summed E-state index contributed by atoms with van der Waals surface area (Å²) in [5.41, 5.74) is 2.81. The first-order chi connectivity index (χ1) is 9.78. The normalized spacial score (nSPS) is 10.9. The van der Waals surface area contributed by atoms with Crippen molar-refractivity contribution in [3.63, 3.8) is 0 Å². The topological polar surface area (TPSA) is 26.5 Å². The predicted octanol–water partition coefficient (Wildman–Crippen LogP) is 4.46. The number of imidazole rings is 1. The Labute approximate surface area is 130 Å². The second-order valence-corrected chi connectivity index (χ2v) is 5.32. The molecule has 0 unspecified atom stereocenters. The highest BCUT2D eigenvalue weighted by molar-refractivity contribution is 9.08. The van der Waals surface area contributed by atoms with Gasteiger partial charge in [0.15, 0.2) is 0 Å². The van der Waals surface area contributed by atoms with Crippen molar-refractivity contribution in [2.24, 2.45) is 0 Å². The van der Waals surface area contributed by atoms with Crippen LogP contribution in [0.5, 0.6) is 5.75 Å². The molecule has 0 saturated carbocycles. The number of halogens is 2. The van der Waals surface area contributed by atoms with Gasteiger partial charge < -0.3 is 9.14 Å². The van der Waals surface area contributed by atoms with Crippen LogP contribution in [0.4, 0.5) is 0 Å². The molecule has 0 N–H and O–H groups in total. The molecule has 0 saturated heterocycles. The summed E-state index contributed by atoms with van der Waals surface area (Å²) >= 11 is 9.62. The number of fused-ring (bicyclic) bond motifs is 1. The summed E-state index contributed by atoms with van der Waals surface area (Å²) in [7, 11) is 0. The molecule has 1 aromatic carbocycles. The van der Waals surface area contributed by atoms with Crippen molar-refractivity contribution in [2.75, 3.05) is 0 Å². The van der Waals surface area contributed by atoms with E-state index in [1.54, 1.807) is 0 Å². The predicted molar refractivity (Wildman–Crippen MR) is 83.6 cm³/mol. The number of nitrogens with zero attached hydrogens (tertiary/aromatic N) is 2. The van der Waals surface area contributed by atoms with E-state index >= 15 is 0 Å². The molecule has 2 heterocycles. The maximum atomic E-state index is 6.18. The van der Waals surface area contributed by atoms with Crippen LogP contribution in [0.1, 0.15) is 11.3 Å². The number of ether oxygens (including phenoxy) is 1. The van der Waals surface area contributed by atoms with Gasteiger partial charge in [-0.25, -0.2) is 4.98 Å². The Morgan fingerprint density at radius 2 is 2.10 bits per heavy atom. The Hall–Kier alpha value is -1.52. The minimum atomic E-state index is 0.394. The number of hydrogen-bond acceptors (Lipinski definition) is 2. The molecule has 0 spiro atoms. The molecule has 2 aromatic heterocycles. The number of benzene rings is 1. The van der Waals surface area contributed by atoms with Gasteiger partial charge >= 0.3 is 0 Å². The molecule has 5 heteroatoms. The zero-order valence-electron chi connectivity index (χ0n) is 10.6. The molecule has 3 nitrogen and oxygen atoms in total. The molecular formula is C15H12BrClN2O. The summed E-state index contributed by atoms with van der Waals surface area (Å²) in [6.45, 7) is 0.394. The van der Waals surface area contributed by atoms with E-state index < -0.39 is 0 Å². The number of alkyl halides is 1. The summed E-state index contributed by atoms with van der Waals surface area (Å²) < 4.78 is 7.81. The van der Waals surface area contributed by atoms with Gasteiger partial charge in [0, 0.05) is 23.3 Å². The van der Waals surface area contributed by atoms with Crippen LogP contribution < -0.4 is 4.74 Å². The van der Waals surface area contributed by atoms with E-state index in [2.05, 4.69) is 20.9 Å². The summed E-state index contributed by atoms with van der Waals surface area (Å²) in [4.78, 5) is 4.50. The molecule has 0 atom stereocenters. The average Bonchev–Trinajstić information content (AvgIpc) is 2.88. The molecule has 0 aliphatic heterocycles. The maximum absolute atomic E-state index is 6.18. The standard InChI is InChI=1S/C15H12BrClN2O/c16-8-11-4-3-5-13(17)15(11)20-10-12-9-19-7-2-1-6-14(19)18-12/h1-7,9H,8,10H2. The van der Waals surface area contributed by atoms with Gasteiger partial charge in [-0.15, -0.1) is 0 Å². The fourth-order valence-corrected chi connectivity index (χ4v) is 2.71. The Bertz CT molecular complexity index is 709. The van der Waals surface area contributed by atoms with Crippen LogP contribution in [0.3, 0.4) is 0 Å². The first kappa shape index (κ1) is 13.5. The molecule has 0 radical (unpaired) electrons. The van der Waals surface area contributed by atoms with Crippen LogP contribution in [-0.4, -0.2) is 9.38 Å². The minimum Gasteiger partial charge on any atom is -0.485 e. The van der Waals surface area contributed by atoms with Gasteiger partial charge in [0.25, 0.3) is 0 Å². The fraction of sp³-hybridized carbons (Fsp3) is 0.133. The van der Waals surface area contributed by atoms with Crippen LogP contribution in [0, 0.1) is 0 Å². The SMILES string of the molecule is Clc1cccc(CBr)c1OCc1cn2ccccc2n1. The van der Waals surface area contributed by atoms with E-state index in [-0.39, 0.29) is 0 Å². The number of para-hydroxylation sites is 1. The third-order valence-electron chi connectivity index (χ3n) is 2.97. The van der Waals surface area contributed by atoms with Crippen molar-refractivity contribution < 1.29 is 4.74 Å². The lowest BCUT2D eigenvalue weighted by atomic mass is 10.2. The Morgan fingerprint density at radius 3 is 2.90 bits per heavy atom. The van der Waals surface area contributed by atoms with E-state index in [4.69, 9.17) is 16.3 Å². The lowest BCUT2D eigenvalue weighted by molar-refractivity contribution is 0.300. The first-order valence-corrected chi connectivity index (χ1v) is 7.66. The fourth-order valence-electron chi connectivity index (χ4n) is 2.02. The summed E-state index contributed by atoms with van der Waals surface area (Å²) in [6, 6.07) is 11.6. The van der Waals surface area contributed by atoms with E-state index in [1.165, 1.54) is 0 Å². The molecule has 3 rings (SSSR count). The molecule has 0 fully saturated rings. The second kappa shape index (κ2) is 5.85. The number of pyridine rings is 1. The maximum Gasteiger partial charge on any atom is 0.142 e. The van der Waals surface area contributed by atoms with Crippen LogP contribution in [0.25, 0.3) is 5.65 Å². The van der Waals surface area contributed by atoms with E-state index in [1.807, 2.05) is 53.2 Å². The zero-order valence-corrected chi connectivity index (χ0v) is 12.9. The highest BCUT2D eigenvalue weighted by Crippen LogP contribution is 2.30. The lowest BCUT2D eigenvalue weighted by Crippen LogP contribution is -1.98. The van der Waals surface area contributed by atoms with Crippen molar-refractivity contribution in [3.8, 4) is 5.75 Å². The summed E-state index contributed by atoms with van der Waals surface area (Å²) in [6.07, 6.45) is 3.92. The van der Waals surface area contributed by atoms with Gasteiger partial charge in [-0.1, -0.05) is 45.7 Å². The molecule has 3 aromatic rings. The van der Waals surface area contributed by atoms with Gasteiger partial charge in [0.2, 0.25) is 0 Å². The van der Waals surface area contributed by atoms with Crippen molar-refractivity contribution in [2.45, 2.75) is 11.9 Å². The molecule has 20 heavy (non-hydrogen) atoms.